The molecule has 0 aliphatic heterocycles. The van der Waals surface area contributed by atoms with E-state index in [9.17, 15) is 22.0 Å². The smallest absolute Gasteiger partial charge is 0.269 e. The molecule has 156 valence electrons. The molecule has 2 aromatic carbocycles. The topological polar surface area (TPSA) is 75.3 Å². The maximum atomic E-state index is 14.4. The van der Waals surface area contributed by atoms with Crippen molar-refractivity contribution in [2.75, 3.05) is 0 Å². The number of nitrogens with one attached hydrogen (secondary N) is 2. The Balaban J connectivity index is 1.84. The number of carbonyl (C=O) groups is 1. The first-order valence-electron chi connectivity index (χ1n) is 8.94. The molecule has 1 aliphatic rings. The number of benzene rings is 2. The molecule has 3 rings (SSSR count). The quantitative estimate of drug-likeness (QED) is 0.624. The van der Waals surface area contributed by atoms with Crippen molar-refractivity contribution < 1.29 is 22.0 Å². The van der Waals surface area contributed by atoms with Gasteiger partial charge in [0.1, 0.15) is 5.82 Å². The van der Waals surface area contributed by atoms with Crippen molar-refractivity contribution in [2.24, 2.45) is 0 Å². The monoisotopic (exact) mass is 462 g/mol. The summed E-state index contributed by atoms with van der Waals surface area (Å²) in [6.45, 7) is 0. The summed E-state index contributed by atoms with van der Waals surface area (Å²) in [4.78, 5) is 14.5. The van der Waals surface area contributed by atoms with Crippen molar-refractivity contribution in [1.82, 2.24) is 10.3 Å². The van der Waals surface area contributed by atoms with Crippen molar-refractivity contribution in [3.63, 3.8) is 0 Å². The van der Waals surface area contributed by atoms with Gasteiger partial charge in [-0.2, -0.15) is 0 Å². The summed E-state index contributed by atoms with van der Waals surface area (Å²) in [5.74, 6) is -2.65. The van der Waals surface area contributed by atoms with Crippen LogP contribution in [0.4, 0.5) is 8.78 Å². The molecule has 1 fully saturated rings. The fourth-order valence-corrected chi connectivity index (χ4v) is 5.08. The number of amides is 1. The molecule has 0 aromatic heterocycles. The molecular weight excluding hydrogens is 445 g/mol. The second kappa shape index (κ2) is 8.95. The lowest BCUT2D eigenvalue weighted by atomic mass is 10.0. The Labute approximate surface area is 177 Å². The van der Waals surface area contributed by atoms with Crippen LogP contribution in [0.3, 0.4) is 0 Å². The molecular formula is C19H18Cl2F2N2O3S. The molecule has 29 heavy (non-hydrogen) atoms. The van der Waals surface area contributed by atoms with Crippen LogP contribution in [0.15, 0.2) is 30.3 Å². The molecule has 0 bridgehead atoms. The van der Waals surface area contributed by atoms with Crippen LogP contribution in [0.1, 0.15) is 42.5 Å². The van der Waals surface area contributed by atoms with Gasteiger partial charge in [0.15, 0.2) is 5.82 Å². The van der Waals surface area contributed by atoms with Crippen LogP contribution >= 0.6 is 23.2 Å². The number of halogens is 4. The highest BCUT2D eigenvalue weighted by atomic mass is 35.5. The van der Waals surface area contributed by atoms with Gasteiger partial charge in [-0.1, -0.05) is 42.5 Å². The zero-order chi connectivity index (χ0) is 21.2. The fourth-order valence-electron chi connectivity index (χ4n) is 3.29. The van der Waals surface area contributed by atoms with E-state index in [0.29, 0.717) is 12.8 Å². The second-order valence-electron chi connectivity index (χ2n) is 6.84. The number of hydrogen-bond acceptors (Lipinski definition) is 3. The largest absolute Gasteiger partial charge is 0.274 e. The average Bonchev–Trinajstić information content (AvgIpc) is 2.68. The van der Waals surface area contributed by atoms with E-state index in [1.807, 2.05) is 10.3 Å². The van der Waals surface area contributed by atoms with E-state index < -0.39 is 38.4 Å². The van der Waals surface area contributed by atoms with Gasteiger partial charge in [-0.3, -0.25) is 10.2 Å². The molecule has 1 saturated carbocycles. The Morgan fingerprint density at radius 2 is 1.62 bits per heavy atom. The van der Waals surface area contributed by atoms with Gasteiger partial charge in [0.25, 0.3) is 5.91 Å². The number of rotatable bonds is 5. The normalized spacial score (nSPS) is 15.3. The first-order chi connectivity index (χ1) is 13.7. The van der Waals surface area contributed by atoms with E-state index in [1.54, 1.807) is 0 Å². The van der Waals surface area contributed by atoms with Crippen LogP contribution in [0, 0.1) is 11.6 Å². The van der Waals surface area contributed by atoms with Crippen LogP contribution in [0.2, 0.25) is 10.0 Å². The molecule has 0 spiro atoms. The Hall–Kier alpha value is -1.74. The van der Waals surface area contributed by atoms with E-state index in [-0.39, 0.29) is 21.2 Å². The van der Waals surface area contributed by atoms with Crippen molar-refractivity contribution in [1.29, 1.82) is 0 Å². The zero-order valence-electron chi connectivity index (χ0n) is 15.1. The average molecular weight is 463 g/mol. The maximum Gasteiger partial charge on any atom is 0.269 e. The number of carbonyl (C=O) groups excluding carboxylic acids is 1. The zero-order valence-corrected chi connectivity index (χ0v) is 17.5. The van der Waals surface area contributed by atoms with Gasteiger partial charge >= 0.3 is 0 Å². The Bertz CT molecular complexity index is 1020. The minimum Gasteiger partial charge on any atom is -0.274 e. The molecule has 0 atom stereocenters. The SMILES string of the molecule is O=C(NNS(=O)(=O)C1CCCCC1)c1cc(-c2cc(F)cc(Cl)c2)cc(Cl)c1F. The highest BCUT2D eigenvalue weighted by Gasteiger charge is 2.28. The lowest BCUT2D eigenvalue weighted by Gasteiger charge is -2.22. The molecule has 0 saturated heterocycles. The summed E-state index contributed by atoms with van der Waals surface area (Å²) in [7, 11) is -3.79. The summed E-state index contributed by atoms with van der Waals surface area (Å²) < 4.78 is 52.7. The van der Waals surface area contributed by atoms with Crippen molar-refractivity contribution in [3.05, 3.63) is 57.6 Å². The first kappa shape index (κ1) is 22.0. The van der Waals surface area contributed by atoms with E-state index in [2.05, 4.69) is 0 Å². The van der Waals surface area contributed by atoms with Gasteiger partial charge in [-0.25, -0.2) is 17.2 Å². The van der Waals surface area contributed by atoms with Crippen LogP contribution in [0.5, 0.6) is 0 Å². The third-order valence-corrected chi connectivity index (χ3v) is 7.00. The molecule has 1 aliphatic carbocycles. The summed E-state index contributed by atoms with van der Waals surface area (Å²) in [6, 6.07) is 6.07. The molecule has 0 radical (unpaired) electrons. The van der Waals surface area contributed by atoms with E-state index in [1.165, 1.54) is 12.1 Å². The number of hydrogen-bond donors (Lipinski definition) is 2. The van der Waals surface area contributed by atoms with Gasteiger partial charge in [0.05, 0.1) is 15.8 Å². The molecule has 5 nitrogen and oxygen atoms in total. The first-order valence-corrected chi connectivity index (χ1v) is 11.2. The van der Waals surface area contributed by atoms with Gasteiger partial charge in [0, 0.05) is 5.02 Å². The van der Waals surface area contributed by atoms with Gasteiger partial charge in [-0.15, -0.1) is 4.83 Å². The third kappa shape index (κ3) is 5.25. The molecule has 2 N–H and O–H groups in total. The fraction of sp³-hybridized carbons (Fsp3) is 0.316. The van der Waals surface area contributed by atoms with Crippen LogP contribution in [0.25, 0.3) is 11.1 Å². The molecule has 1 amide bonds. The molecule has 0 heterocycles. The predicted molar refractivity (Wildman–Crippen MR) is 108 cm³/mol. The molecule has 2 aromatic rings. The standard InChI is InChI=1S/C19H18Cl2F2N2O3S/c20-13-6-11(7-14(22)10-13)12-8-16(18(23)17(21)9-12)19(26)24-25-29(27,28)15-4-2-1-3-5-15/h6-10,15,25H,1-5H2,(H,24,26). The van der Waals surface area contributed by atoms with Crippen molar-refractivity contribution in [3.8, 4) is 11.1 Å². The highest BCUT2D eigenvalue weighted by Crippen LogP contribution is 2.30. The van der Waals surface area contributed by atoms with Crippen molar-refractivity contribution in [2.45, 2.75) is 37.4 Å². The lowest BCUT2D eigenvalue weighted by molar-refractivity contribution is 0.0941. The minimum absolute atomic E-state index is 0.117. The van der Waals surface area contributed by atoms with E-state index >= 15 is 0 Å². The Kier molecular flexibility index (Phi) is 6.78. The summed E-state index contributed by atoms with van der Waals surface area (Å²) in [5, 5.41) is -0.861. The van der Waals surface area contributed by atoms with Gasteiger partial charge < -0.3 is 0 Å². The molecule has 0 unspecified atom stereocenters. The minimum atomic E-state index is -3.79. The Morgan fingerprint density at radius 1 is 0.966 bits per heavy atom. The van der Waals surface area contributed by atoms with Crippen molar-refractivity contribution >= 4 is 39.1 Å². The molecule has 10 heteroatoms. The number of sulfonamides is 1. The number of hydrazine groups is 1. The third-order valence-electron chi connectivity index (χ3n) is 4.77. The van der Waals surface area contributed by atoms with Crippen LogP contribution < -0.4 is 10.3 Å². The van der Waals surface area contributed by atoms with Crippen LogP contribution in [-0.2, 0) is 10.0 Å². The highest BCUT2D eigenvalue weighted by molar-refractivity contribution is 7.90. The summed E-state index contributed by atoms with van der Waals surface area (Å²) >= 11 is 11.7. The predicted octanol–water partition coefficient (Wildman–Crippen LogP) is 4.84. The van der Waals surface area contributed by atoms with E-state index in [0.717, 1.165) is 37.5 Å². The van der Waals surface area contributed by atoms with Gasteiger partial charge in [-0.05, 0) is 54.3 Å². The van der Waals surface area contributed by atoms with E-state index in [4.69, 9.17) is 23.2 Å². The van der Waals surface area contributed by atoms with Crippen LogP contribution in [-0.4, -0.2) is 19.6 Å². The lowest BCUT2D eigenvalue weighted by Crippen LogP contribution is -2.46. The Morgan fingerprint density at radius 3 is 2.28 bits per heavy atom. The second-order valence-corrected chi connectivity index (χ2v) is 9.64. The summed E-state index contributed by atoms with van der Waals surface area (Å²) in [5.41, 5.74) is 2.08. The maximum absolute atomic E-state index is 14.4. The summed E-state index contributed by atoms with van der Waals surface area (Å²) in [6.07, 6.45) is 3.56. The van der Waals surface area contributed by atoms with Gasteiger partial charge in [0.2, 0.25) is 10.0 Å².